The summed E-state index contributed by atoms with van der Waals surface area (Å²) in [5, 5.41) is -0.529. The van der Waals surface area contributed by atoms with Crippen LogP contribution in [0.5, 0.6) is 0 Å². The lowest BCUT2D eigenvalue weighted by Gasteiger charge is -2.20. The number of rotatable bonds is 2. The molecule has 122 valence electrons. The summed E-state index contributed by atoms with van der Waals surface area (Å²) in [5.74, 6) is 0. The second-order valence-corrected chi connectivity index (χ2v) is 7.36. The van der Waals surface area contributed by atoms with Gasteiger partial charge in [0.1, 0.15) is 0 Å². The predicted octanol–water partition coefficient (Wildman–Crippen LogP) is 4.11. The zero-order chi connectivity index (χ0) is 16.8. The zero-order valence-corrected chi connectivity index (χ0v) is 13.2. The van der Waals surface area contributed by atoms with E-state index in [0.717, 1.165) is 22.0 Å². The molecule has 1 aliphatic heterocycles. The molecule has 1 heterocycles. The van der Waals surface area contributed by atoms with E-state index in [1.807, 2.05) is 0 Å². The van der Waals surface area contributed by atoms with E-state index >= 15 is 0 Å². The zero-order valence-electron chi connectivity index (χ0n) is 11.6. The van der Waals surface area contributed by atoms with Crippen LogP contribution in [0.15, 0.2) is 47.4 Å². The molecule has 2 aromatic carbocycles. The van der Waals surface area contributed by atoms with Crippen molar-refractivity contribution in [3.63, 3.8) is 0 Å². The van der Waals surface area contributed by atoms with Gasteiger partial charge in [0.2, 0.25) is 0 Å². The topological polar surface area (TPSA) is 37.4 Å². The third kappa shape index (κ3) is 2.79. The second kappa shape index (κ2) is 5.42. The molecule has 3 nitrogen and oxygen atoms in total. The van der Waals surface area contributed by atoms with Crippen LogP contribution in [0.2, 0.25) is 5.02 Å². The van der Waals surface area contributed by atoms with Crippen molar-refractivity contribution in [1.82, 2.24) is 0 Å². The Bertz CT molecular complexity index is 865. The highest BCUT2D eigenvalue weighted by molar-refractivity contribution is 7.92. The Hall–Kier alpha value is -1.73. The molecule has 3 rings (SSSR count). The second-order valence-electron chi connectivity index (χ2n) is 5.10. The highest BCUT2D eigenvalue weighted by atomic mass is 35.5. The molecule has 2 aromatic rings. The Kier molecular flexibility index (Phi) is 3.80. The van der Waals surface area contributed by atoms with Crippen LogP contribution >= 0.6 is 11.6 Å². The van der Waals surface area contributed by atoms with E-state index < -0.39 is 31.7 Å². The predicted molar refractivity (Wildman–Crippen MR) is 81.1 cm³/mol. The van der Waals surface area contributed by atoms with E-state index in [9.17, 15) is 21.6 Å². The van der Waals surface area contributed by atoms with Gasteiger partial charge in [0.15, 0.2) is 0 Å². The highest BCUT2D eigenvalue weighted by Crippen LogP contribution is 2.38. The van der Waals surface area contributed by atoms with Crippen molar-refractivity contribution < 1.29 is 21.6 Å². The Labute approximate surface area is 136 Å². The van der Waals surface area contributed by atoms with Gasteiger partial charge < -0.3 is 0 Å². The minimum absolute atomic E-state index is 0.200. The molecule has 1 aliphatic rings. The SMILES string of the molecule is O=S(=O)(c1ccc(Cl)c(C(F)(F)F)c1)N1CCc2ccccc21. The molecular weight excluding hydrogens is 351 g/mol. The fourth-order valence-corrected chi connectivity index (χ4v) is 4.32. The van der Waals surface area contributed by atoms with Crippen LogP contribution in [-0.4, -0.2) is 15.0 Å². The lowest BCUT2D eigenvalue weighted by atomic mass is 10.2. The highest BCUT2D eigenvalue weighted by Gasteiger charge is 2.36. The number of hydrogen-bond donors (Lipinski definition) is 0. The van der Waals surface area contributed by atoms with Crippen LogP contribution in [0.1, 0.15) is 11.1 Å². The molecule has 0 aliphatic carbocycles. The van der Waals surface area contributed by atoms with Crippen LogP contribution in [0.4, 0.5) is 18.9 Å². The molecule has 0 N–H and O–H groups in total. The molecule has 0 saturated heterocycles. The number of benzene rings is 2. The number of halogens is 4. The summed E-state index contributed by atoms with van der Waals surface area (Å²) in [6.07, 6.45) is -4.19. The summed E-state index contributed by atoms with van der Waals surface area (Å²) in [6.45, 7) is 0.200. The quantitative estimate of drug-likeness (QED) is 0.807. The first-order valence-corrected chi connectivity index (χ1v) is 8.50. The van der Waals surface area contributed by atoms with Crippen molar-refractivity contribution >= 4 is 27.3 Å². The number of fused-ring (bicyclic) bond motifs is 1. The van der Waals surface area contributed by atoms with Gasteiger partial charge in [0.25, 0.3) is 10.0 Å². The maximum atomic E-state index is 12.9. The summed E-state index contributed by atoms with van der Waals surface area (Å²) in [4.78, 5) is -0.425. The van der Waals surface area contributed by atoms with E-state index in [0.29, 0.717) is 18.2 Å². The minimum Gasteiger partial charge on any atom is -0.266 e. The first kappa shape index (κ1) is 16.1. The number of anilines is 1. The molecule has 0 atom stereocenters. The first-order chi connectivity index (χ1) is 10.7. The fourth-order valence-electron chi connectivity index (χ4n) is 2.57. The van der Waals surface area contributed by atoms with Crippen LogP contribution in [-0.2, 0) is 22.6 Å². The van der Waals surface area contributed by atoms with Crippen molar-refractivity contribution in [3.8, 4) is 0 Å². The largest absolute Gasteiger partial charge is 0.417 e. The van der Waals surface area contributed by atoms with Gasteiger partial charge in [-0.15, -0.1) is 0 Å². The minimum atomic E-state index is -4.72. The van der Waals surface area contributed by atoms with Gasteiger partial charge in [-0.2, -0.15) is 13.2 Å². The third-order valence-corrected chi connectivity index (χ3v) is 5.81. The van der Waals surface area contributed by atoms with Crippen LogP contribution < -0.4 is 4.31 Å². The molecule has 0 radical (unpaired) electrons. The number of sulfonamides is 1. The molecular formula is C15H11ClF3NO2S. The normalized spacial score (nSPS) is 14.9. The summed E-state index contributed by atoms with van der Waals surface area (Å²) >= 11 is 5.54. The maximum Gasteiger partial charge on any atom is 0.417 e. The Morgan fingerprint density at radius 3 is 2.48 bits per heavy atom. The van der Waals surface area contributed by atoms with Crippen molar-refractivity contribution in [3.05, 3.63) is 58.6 Å². The van der Waals surface area contributed by atoms with Crippen LogP contribution in [0.25, 0.3) is 0 Å². The van der Waals surface area contributed by atoms with Crippen molar-refractivity contribution in [2.45, 2.75) is 17.5 Å². The number of nitrogens with zero attached hydrogens (tertiary/aromatic N) is 1. The summed E-state index contributed by atoms with van der Waals surface area (Å²) in [5.41, 5.74) is 0.185. The average molecular weight is 362 g/mol. The van der Waals surface area contributed by atoms with E-state index in [2.05, 4.69) is 0 Å². The van der Waals surface area contributed by atoms with Crippen LogP contribution in [0, 0.1) is 0 Å². The molecule has 0 fully saturated rings. The van der Waals surface area contributed by atoms with Gasteiger partial charge in [-0.05, 0) is 36.2 Å². The lowest BCUT2D eigenvalue weighted by molar-refractivity contribution is -0.137. The number of para-hydroxylation sites is 1. The molecule has 0 amide bonds. The van der Waals surface area contributed by atoms with Gasteiger partial charge in [-0.3, -0.25) is 4.31 Å². The number of alkyl halides is 3. The van der Waals surface area contributed by atoms with Gasteiger partial charge in [0, 0.05) is 6.54 Å². The van der Waals surface area contributed by atoms with Gasteiger partial charge in [-0.25, -0.2) is 8.42 Å². The Balaban J connectivity index is 2.09. The van der Waals surface area contributed by atoms with Crippen molar-refractivity contribution in [2.75, 3.05) is 10.8 Å². The maximum absolute atomic E-state index is 12.9. The molecule has 0 bridgehead atoms. The average Bonchev–Trinajstić information content (AvgIpc) is 2.90. The monoisotopic (exact) mass is 361 g/mol. The smallest absolute Gasteiger partial charge is 0.266 e. The molecule has 0 spiro atoms. The molecule has 0 aromatic heterocycles. The molecule has 23 heavy (non-hydrogen) atoms. The van der Waals surface area contributed by atoms with Gasteiger partial charge in [-0.1, -0.05) is 29.8 Å². The van der Waals surface area contributed by atoms with E-state index in [4.69, 9.17) is 11.6 Å². The van der Waals surface area contributed by atoms with Crippen molar-refractivity contribution in [1.29, 1.82) is 0 Å². The van der Waals surface area contributed by atoms with E-state index in [1.54, 1.807) is 24.3 Å². The summed E-state index contributed by atoms with van der Waals surface area (Å²) in [6, 6.07) is 9.55. The van der Waals surface area contributed by atoms with E-state index in [1.165, 1.54) is 0 Å². The Morgan fingerprint density at radius 1 is 1.09 bits per heavy atom. The van der Waals surface area contributed by atoms with E-state index in [-0.39, 0.29) is 6.54 Å². The van der Waals surface area contributed by atoms with Gasteiger partial charge in [0.05, 0.1) is 21.2 Å². The fraction of sp³-hybridized carbons (Fsp3) is 0.200. The lowest BCUT2D eigenvalue weighted by Crippen LogP contribution is -2.29. The number of hydrogen-bond acceptors (Lipinski definition) is 2. The Morgan fingerprint density at radius 2 is 1.78 bits per heavy atom. The molecule has 0 saturated carbocycles. The van der Waals surface area contributed by atoms with Gasteiger partial charge >= 0.3 is 6.18 Å². The summed E-state index contributed by atoms with van der Waals surface area (Å²) in [7, 11) is -4.08. The third-order valence-electron chi connectivity index (χ3n) is 3.68. The summed E-state index contributed by atoms with van der Waals surface area (Å²) < 4.78 is 65.4. The molecule has 8 heteroatoms. The standard InChI is InChI=1S/C15H11ClF3NO2S/c16-13-6-5-11(9-12(13)15(17,18)19)23(21,22)20-8-7-10-3-1-2-4-14(10)20/h1-6,9H,7-8H2. The first-order valence-electron chi connectivity index (χ1n) is 6.68. The van der Waals surface area contributed by atoms with Crippen LogP contribution in [0.3, 0.4) is 0 Å². The molecule has 0 unspecified atom stereocenters. The van der Waals surface area contributed by atoms with Crippen molar-refractivity contribution in [2.24, 2.45) is 0 Å².